The molecule has 0 bridgehead atoms. The van der Waals surface area contributed by atoms with Gasteiger partial charge in [0.05, 0.1) is 19.3 Å². The highest BCUT2D eigenvalue weighted by Gasteiger charge is 2.23. The smallest absolute Gasteiger partial charge is 0.252 e. The van der Waals surface area contributed by atoms with Gasteiger partial charge in [-0.3, -0.25) is 9.59 Å². The molecule has 28 heavy (non-hydrogen) atoms. The highest BCUT2D eigenvalue weighted by atomic mass is 16.7. The fraction of sp³-hybridized carbons (Fsp3) is 0.238. The van der Waals surface area contributed by atoms with E-state index in [-0.39, 0.29) is 18.1 Å². The molecule has 0 spiro atoms. The van der Waals surface area contributed by atoms with Crippen molar-refractivity contribution in [3.8, 4) is 23.0 Å². The maximum absolute atomic E-state index is 12.9. The summed E-state index contributed by atoms with van der Waals surface area (Å²) in [6, 6.07) is 8.24. The number of ether oxygens (including phenoxy) is 4. The molecule has 0 unspecified atom stereocenters. The fourth-order valence-corrected chi connectivity index (χ4v) is 2.92. The van der Waals surface area contributed by atoms with Gasteiger partial charge in [0.25, 0.3) is 5.91 Å². The van der Waals surface area contributed by atoms with Crippen molar-refractivity contribution in [3.63, 3.8) is 0 Å². The van der Waals surface area contributed by atoms with E-state index in [1.54, 1.807) is 43.3 Å². The Morgan fingerprint density at radius 3 is 2.64 bits per heavy atom. The summed E-state index contributed by atoms with van der Waals surface area (Å²) in [4.78, 5) is 24.5. The largest absolute Gasteiger partial charge is 0.496 e. The van der Waals surface area contributed by atoms with Crippen LogP contribution >= 0.6 is 0 Å². The molecule has 2 aromatic rings. The van der Waals surface area contributed by atoms with E-state index in [1.165, 1.54) is 7.11 Å². The number of hydrogen-bond donors (Lipinski definition) is 1. The van der Waals surface area contributed by atoms with Gasteiger partial charge in [-0.05, 0) is 55.3 Å². The van der Waals surface area contributed by atoms with Crippen molar-refractivity contribution in [2.24, 2.45) is 5.73 Å². The van der Waals surface area contributed by atoms with E-state index in [1.807, 2.05) is 6.92 Å². The summed E-state index contributed by atoms with van der Waals surface area (Å²) in [5, 5.41) is 0. The van der Waals surface area contributed by atoms with E-state index < -0.39 is 5.91 Å². The van der Waals surface area contributed by atoms with E-state index in [2.05, 4.69) is 0 Å². The Morgan fingerprint density at radius 1 is 1.18 bits per heavy atom. The first kappa shape index (κ1) is 19.3. The summed E-state index contributed by atoms with van der Waals surface area (Å²) in [6.45, 7) is 4.07. The molecule has 146 valence electrons. The number of hydrogen-bond acceptors (Lipinski definition) is 6. The summed E-state index contributed by atoms with van der Waals surface area (Å²) in [6.07, 6.45) is 1.68. The molecule has 0 fully saturated rings. The molecule has 7 heteroatoms. The van der Waals surface area contributed by atoms with Gasteiger partial charge in [-0.2, -0.15) is 0 Å². The first-order valence-corrected chi connectivity index (χ1v) is 8.71. The van der Waals surface area contributed by atoms with Gasteiger partial charge >= 0.3 is 0 Å². The molecule has 0 atom stereocenters. The Kier molecular flexibility index (Phi) is 5.54. The van der Waals surface area contributed by atoms with E-state index in [0.717, 1.165) is 0 Å². The molecule has 1 aliphatic heterocycles. The van der Waals surface area contributed by atoms with E-state index in [0.29, 0.717) is 46.3 Å². The van der Waals surface area contributed by atoms with Gasteiger partial charge in [-0.1, -0.05) is 6.07 Å². The van der Waals surface area contributed by atoms with Crippen LogP contribution in [0.15, 0.2) is 35.9 Å². The van der Waals surface area contributed by atoms with Crippen molar-refractivity contribution >= 4 is 17.8 Å². The zero-order valence-corrected chi connectivity index (χ0v) is 15.9. The summed E-state index contributed by atoms with van der Waals surface area (Å²) in [7, 11) is 1.46. The van der Waals surface area contributed by atoms with E-state index >= 15 is 0 Å². The monoisotopic (exact) mass is 383 g/mol. The minimum atomic E-state index is -0.604. The minimum absolute atomic E-state index is 0.0869. The Bertz CT molecular complexity index is 964. The summed E-state index contributed by atoms with van der Waals surface area (Å²) >= 11 is 0. The number of benzene rings is 2. The van der Waals surface area contributed by atoms with Crippen LogP contribution in [-0.4, -0.2) is 32.2 Å². The van der Waals surface area contributed by atoms with Crippen LogP contribution in [0.3, 0.4) is 0 Å². The molecular formula is C21H21NO6. The average molecular weight is 383 g/mol. The van der Waals surface area contributed by atoms with Gasteiger partial charge in [0, 0.05) is 5.56 Å². The lowest BCUT2D eigenvalue weighted by atomic mass is 10.0. The number of ketones is 1. The molecule has 0 saturated heterocycles. The third-order valence-electron chi connectivity index (χ3n) is 4.23. The summed E-state index contributed by atoms with van der Waals surface area (Å²) in [5.74, 6) is 1.02. The molecule has 1 heterocycles. The highest BCUT2D eigenvalue weighted by Crippen LogP contribution is 2.42. The average Bonchev–Trinajstić information content (AvgIpc) is 3.16. The van der Waals surface area contributed by atoms with Crippen molar-refractivity contribution < 1.29 is 28.5 Å². The van der Waals surface area contributed by atoms with Gasteiger partial charge in [-0.25, -0.2) is 0 Å². The molecule has 1 amide bonds. The number of primary amides is 1. The zero-order valence-electron chi connectivity index (χ0n) is 15.9. The van der Waals surface area contributed by atoms with Crippen LogP contribution in [0.25, 0.3) is 6.08 Å². The quantitative estimate of drug-likeness (QED) is 0.582. The lowest BCUT2D eigenvalue weighted by Gasteiger charge is -2.10. The number of amides is 1. The minimum Gasteiger partial charge on any atom is -0.496 e. The molecule has 2 aromatic carbocycles. The lowest BCUT2D eigenvalue weighted by Crippen LogP contribution is -2.12. The third kappa shape index (κ3) is 3.78. The number of nitrogens with two attached hydrogens (primary N) is 1. The van der Waals surface area contributed by atoms with Crippen LogP contribution in [0.4, 0.5) is 0 Å². The standard InChI is InChI=1S/C21H21NO6/c1-4-26-17-9-14(10-18-20(17)28-11-27-18)19(23)12(2)7-13-5-6-16(25-3)15(8-13)21(22)24/h5-10H,4,11H2,1-3H3,(H2,22,24). The Balaban J connectivity index is 1.94. The fourth-order valence-electron chi connectivity index (χ4n) is 2.92. The Labute approximate surface area is 162 Å². The van der Waals surface area contributed by atoms with Crippen molar-refractivity contribution in [2.45, 2.75) is 13.8 Å². The number of rotatable bonds is 7. The second-order valence-electron chi connectivity index (χ2n) is 6.12. The second kappa shape index (κ2) is 8.04. The summed E-state index contributed by atoms with van der Waals surface area (Å²) < 4.78 is 21.5. The van der Waals surface area contributed by atoms with Gasteiger partial charge < -0.3 is 24.7 Å². The van der Waals surface area contributed by atoms with Crippen LogP contribution in [0.1, 0.15) is 40.1 Å². The molecule has 3 rings (SSSR count). The molecule has 7 nitrogen and oxygen atoms in total. The van der Waals surface area contributed by atoms with Crippen LogP contribution in [0, 0.1) is 0 Å². The van der Waals surface area contributed by atoms with Crippen molar-refractivity contribution in [3.05, 3.63) is 52.6 Å². The predicted molar refractivity (Wildman–Crippen MR) is 103 cm³/mol. The van der Waals surface area contributed by atoms with Gasteiger partial charge in [0.2, 0.25) is 12.5 Å². The maximum atomic E-state index is 12.9. The van der Waals surface area contributed by atoms with Crippen molar-refractivity contribution in [1.82, 2.24) is 0 Å². The number of fused-ring (bicyclic) bond motifs is 1. The number of Topliss-reactive ketones (excluding diaryl/α,β-unsaturated/α-hetero) is 1. The molecular weight excluding hydrogens is 362 g/mol. The second-order valence-corrected chi connectivity index (χ2v) is 6.12. The van der Waals surface area contributed by atoms with Crippen LogP contribution in [0.5, 0.6) is 23.0 Å². The molecule has 0 aliphatic carbocycles. The van der Waals surface area contributed by atoms with Crippen molar-refractivity contribution in [1.29, 1.82) is 0 Å². The van der Waals surface area contributed by atoms with Crippen molar-refractivity contribution in [2.75, 3.05) is 20.5 Å². The van der Waals surface area contributed by atoms with Crippen LogP contribution in [-0.2, 0) is 0 Å². The molecule has 2 N–H and O–H groups in total. The topological polar surface area (TPSA) is 97.1 Å². The van der Waals surface area contributed by atoms with E-state index in [4.69, 9.17) is 24.7 Å². The zero-order chi connectivity index (χ0) is 20.3. The lowest BCUT2D eigenvalue weighted by molar-refractivity contribution is 0.0995. The SMILES string of the molecule is CCOc1cc(C(=O)C(C)=Cc2ccc(OC)c(C(N)=O)c2)cc2c1OCO2. The normalized spacial score (nSPS) is 12.6. The van der Waals surface area contributed by atoms with Gasteiger partial charge in [0.1, 0.15) is 5.75 Å². The van der Waals surface area contributed by atoms with Crippen LogP contribution < -0.4 is 24.7 Å². The number of carbonyl (C=O) groups excluding carboxylic acids is 2. The number of carbonyl (C=O) groups is 2. The highest BCUT2D eigenvalue weighted by molar-refractivity contribution is 6.11. The number of methoxy groups -OCH3 is 1. The molecule has 1 aliphatic rings. The summed E-state index contributed by atoms with van der Waals surface area (Å²) in [5.41, 5.74) is 7.19. The third-order valence-corrected chi connectivity index (χ3v) is 4.23. The first-order valence-electron chi connectivity index (χ1n) is 8.71. The molecule has 0 saturated carbocycles. The first-order chi connectivity index (χ1) is 13.4. The molecule has 0 aromatic heterocycles. The van der Waals surface area contributed by atoms with Crippen LogP contribution in [0.2, 0.25) is 0 Å². The van der Waals surface area contributed by atoms with Gasteiger partial charge in [0.15, 0.2) is 17.3 Å². The maximum Gasteiger partial charge on any atom is 0.252 e. The number of allylic oxidation sites excluding steroid dienone is 1. The molecule has 0 radical (unpaired) electrons. The van der Waals surface area contributed by atoms with E-state index in [9.17, 15) is 9.59 Å². The Morgan fingerprint density at radius 2 is 1.96 bits per heavy atom. The van der Waals surface area contributed by atoms with Gasteiger partial charge in [-0.15, -0.1) is 0 Å². The Hall–Kier alpha value is -3.48. The predicted octanol–water partition coefficient (Wildman–Crippen LogP) is 3.21.